The summed E-state index contributed by atoms with van der Waals surface area (Å²) >= 11 is 0. The van der Waals surface area contributed by atoms with Gasteiger partial charge >= 0.3 is 0 Å². The number of likely N-dealkylation sites (tertiary alicyclic amines) is 1. The summed E-state index contributed by atoms with van der Waals surface area (Å²) in [7, 11) is -3.33. The third-order valence-corrected chi connectivity index (χ3v) is 7.43. The fourth-order valence-electron chi connectivity index (χ4n) is 3.63. The minimum atomic E-state index is -3.33. The van der Waals surface area contributed by atoms with Gasteiger partial charge in [0.2, 0.25) is 0 Å². The summed E-state index contributed by atoms with van der Waals surface area (Å²) in [6.45, 7) is 0.761. The predicted molar refractivity (Wildman–Crippen MR) is 106 cm³/mol. The summed E-state index contributed by atoms with van der Waals surface area (Å²) < 4.78 is 43.4. The Balaban J connectivity index is 1.38. The Hall–Kier alpha value is -2.87. The minimum absolute atomic E-state index is 0.115. The van der Waals surface area contributed by atoms with Crippen molar-refractivity contribution in [2.24, 2.45) is 0 Å². The van der Waals surface area contributed by atoms with Gasteiger partial charge in [-0.2, -0.15) is 0 Å². The number of H-pyrrole nitrogens is 1. The van der Waals surface area contributed by atoms with Crippen LogP contribution in [-0.2, 0) is 15.6 Å². The third-order valence-electron chi connectivity index (χ3n) is 5.25. The number of furan rings is 1. The van der Waals surface area contributed by atoms with E-state index in [0.717, 1.165) is 11.1 Å². The van der Waals surface area contributed by atoms with E-state index in [1.807, 2.05) is 0 Å². The molecular weight excluding hydrogens is 395 g/mol. The molecule has 152 valence electrons. The van der Waals surface area contributed by atoms with Crippen LogP contribution in [0.4, 0.5) is 4.39 Å². The van der Waals surface area contributed by atoms with Gasteiger partial charge in [0.15, 0.2) is 9.84 Å². The second-order valence-electron chi connectivity index (χ2n) is 7.19. The van der Waals surface area contributed by atoms with Gasteiger partial charge in [0.05, 0.1) is 11.5 Å². The predicted octanol–water partition coefficient (Wildman–Crippen LogP) is 3.63. The molecule has 1 amide bonds. The van der Waals surface area contributed by atoms with Crippen LogP contribution in [0.2, 0.25) is 0 Å². The molecule has 0 atom stereocenters. The average Bonchev–Trinajstić information content (AvgIpc) is 3.40. The number of amides is 1. The molecule has 0 aliphatic carbocycles. The van der Waals surface area contributed by atoms with E-state index < -0.39 is 15.1 Å². The van der Waals surface area contributed by atoms with E-state index in [2.05, 4.69) is 4.98 Å². The molecule has 0 spiro atoms. The second kappa shape index (κ2) is 7.87. The van der Waals surface area contributed by atoms with Crippen LogP contribution in [0.5, 0.6) is 0 Å². The topological polar surface area (TPSA) is 83.4 Å². The van der Waals surface area contributed by atoms with Crippen molar-refractivity contribution in [3.8, 4) is 11.1 Å². The summed E-state index contributed by atoms with van der Waals surface area (Å²) in [5.41, 5.74) is 2.04. The molecule has 1 saturated heterocycles. The molecule has 0 saturated carbocycles. The molecule has 1 aromatic carbocycles. The summed E-state index contributed by atoms with van der Waals surface area (Å²) in [6, 6.07) is 11.1. The van der Waals surface area contributed by atoms with E-state index in [0.29, 0.717) is 37.4 Å². The van der Waals surface area contributed by atoms with Crippen molar-refractivity contribution in [3.05, 3.63) is 72.2 Å². The Labute approximate surface area is 168 Å². The maximum atomic E-state index is 13.1. The standard InChI is InChI=1S/C21H21FN2O4S/c22-17-5-3-15(4-6-17)16-12-20(23-13-16)21(25)24-9-7-19(8-10-24)29(26,27)14-18-2-1-11-28-18/h1-6,11-13,19,23H,7-10,14H2. The quantitative estimate of drug-likeness (QED) is 0.688. The highest BCUT2D eigenvalue weighted by molar-refractivity contribution is 7.91. The van der Waals surface area contributed by atoms with Crippen molar-refractivity contribution in [2.75, 3.05) is 13.1 Å². The van der Waals surface area contributed by atoms with Crippen LogP contribution in [0.1, 0.15) is 29.1 Å². The van der Waals surface area contributed by atoms with Crippen molar-refractivity contribution in [3.63, 3.8) is 0 Å². The average molecular weight is 416 g/mol. The number of carbonyl (C=O) groups excluding carboxylic acids is 1. The zero-order chi connectivity index (χ0) is 20.4. The van der Waals surface area contributed by atoms with E-state index in [1.54, 1.807) is 41.4 Å². The van der Waals surface area contributed by atoms with Crippen molar-refractivity contribution >= 4 is 15.7 Å². The molecule has 1 aliphatic rings. The van der Waals surface area contributed by atoms with Gasteiger partial charge in [-0.05, 0) is 54.3 Å². The first kappa shape index (κ1) is 19.4. The number of aromatic amines is 1. The number of carbonyl (C=O) groups is 1. The van der Waals surface area contributed by atoms with Crippen LogP contribution in [-0.4, -0.2) is 42.5 Å². The number of nitrogens with one attached hydrogen (secondary N) is 1. The lowest BCUT2D eigenvalue weighted by atomic mass is 10.1. The van der Waals surface area contributed by atoms with Crippen LogP contribution in [0, 0.1) is 5.82 Å². The van der Waals surface area contributed by atoms with E-state index >= 15 is 0 Å². The SMILES string of the molecule is O=C(c1cc(-c2ccc(F)cc2)c[nH]1)N1CCC(S(=O)(=O)Cc2ccco2)CC1. The first-order valence-electron chi connectivity index (χ1n) is 9.40. The van der Waals surface area contributed by atoms with Gasteiger partial charge in [0, 0.05) is 19.3 Å². The van der Waals surface area contributed by atoms with Gasteiger partial charge in [-0.1, -0.05) is 12.1 Å². The van der Waals surface area contributed by atoms with E-state index in [4.69, 9.17) is 4.42 Å². The smallest absolute Gasteiger partial charge is 0.270 e. The Bertz CT molecular complexity index is 1080. The van der Waals surface area contributed by atoms with Crippen LogP contribution >= 0.6 is 0 Å². The molecule has 0 bridgehead atoms. The number of nitrogens with zero attached hydrogens (tertiary/aromatic N) is 1. The summed E-state index contributed by atoms with van der Waals surface area (Å²) in [5, 5.41) is -0.477. The molecule has 29 heavy (non-hydrogen) atoms. The van der Waals surface area contributed by atoms with E-state index in [-0.39, 0.29) is 17.5 Å². The van der Waals surface area contributed by atoms with Gasteiger partial charge in [-0.25, -0.2) is 12.8 Å². The van der Waals surface area contributed by atoms with Crippen molar-refractivity contribution in [1.29, 1.82) is 0 Å². The molecule has 3 heterocycles. The molecule has 4 rings (SSSR count). The Morgan fingerprint density at radius 1 is 1.14 bits per heavy atom. The molecule has 0 unspecified atom stereocenters. The Morgan fingerprint density at radius 2 is 1.86 bits per heavy atom. The number of aromatic nitrogens is 1. The van der Waals surface area contributed by atoms with Crippen LogP contribution < -0.4 is 0 Å². The number of benzene rings is 1. The van der Waals surface area contributed by atoms with Crippen LogP contribution in [0.25, 0.3) is 11.1 Å². The Morgan fingerprint density at radius 3 is 2.52 bits per heavy atom. The monoisotopic (exact) mass is 416 g/mol. The molecule has 6 nitrogen and oxygen atoms in total. The van der Waals surface area contributed by atoms with Gasteiger partial charge in [0.25, 0.3) is 5.91 Å². The molecule has 1 aliphatic heterocycles. The zero-order valence-corrected chi connectivity index (χ0v) is 16.5. The highest BCUT2D eigenvalue weighted by Crippen LogP contribution is 2.25. The molecule has 1 fully saturated rings. The number of hydrogen-bond acceptors (Lipinski definition) is 4. The van der Waals surface area contributed by atoms with E-state index in [1.165, 1.54) is 18.4 Å². The molecule has 2 aromatic heterocycles. The molecule has 0 radical (unpaired) electrons. The van der Waals surface area contributed by atoms with Gasteiger partial charge in [-0.15, -0.1) is 0 Å². The molecule has 8 heteroatoms. The molecule has 3 aromatic rings. The third kappa shape index (κ3) is 4.27. The minimum Gasteiger partial charge on any atom is -0.468 e. The van der Waals surface area contributed by atoms with Crippen molar-refractivity contribution in [2.45, 2.75) is 23.8 Å². The number of sulfone groups is 1. The molecular formula is C21H21FN2O4S. The number of halogens is 1. The first-order chi connectivity index (χ1) is 13.9. The first-order valence-corrected chi connectivity index (χ1v) is 11.1. The van der Waals surface area contributed by atoms with Gasteiger partial charge < -0.3 is 14.3 Å². The lowest BCUT2D eigenvalue weighted by Gasteiger charge is -2.31. The van der Waals surface area contributed by atoms with E-state index in [9.17, 15) is 17.6 Å². The van der Waals surface area contributed by atoms with Crippen LogP contribution in [0.15, 0.2) is 59.3 Å². The zero-order valence-electron chi connectivity index (χ0n) is 15.7. The highest BCUT2D eigenvalue weighted by atomic mass is 32.2. The lowest BCUT2D eigenvalue weighted by molar-refractivity contribution is 0.0720. The van der Waals surface area contributed by atoms with Gasteiger partial charge in [0.1, 0.15) is 23.0 Å². The fourth-order valence-corrected chi connectivity index (χ4v) is 5.35. The van der Waals surface area contributed by atoms with Crippen LogP contribution in [0.3, 0.4) is 0 Å². The van der Waals surface area contributed by atoms with Crippen molar-refractivity contribution in [1.82, 2.24) is 9.88 Å². The summed E-state index contributed by atoms with van der Waals surface area (Å²) in [6.07, 6.45) is 3.98. The maximum absolute atomic E-state index is 13.1. The van der Waals surface area contributed by atoms with Gasteiger partial charge in [-0.3, -0.25) is 4.79 Å². The maximum Gasteiger partial charge on any atom is 0.270 e. The summed E-state index contributed by atoms with van der Waals surface area (Å²) in [5.74, 6) is -0.162. The second-order valence-corrected chi connectivity index (χ2v) is 9.47. The number of piperidine rings is 1. The lowest BCUT2D eigenvalue weighted by Crippen LogP contribution is -2.42. The largest absolute Gasteiger partial charge is 0.468 e. The van der Waals surface area contributed by atoms with Crippen molar-refractivity contribution < 1.29 is 22.0 Å². The fraction of sp³-hybridized carbons (Fsp3) is 0.286. The normalized spacial score (nSPS) is 15.6. The molecule has 1 N–H and O–H groups in total. The summed E-state index contributed by atoms with van der Waals surface area (Å²) in [4.78, 5) is 17.4. The Kier molecular flexibility index (Phi) is 5.27. The number of hydrogen-bond donors (Lipinski definition) is 1. The number of rotatable bonds is 5. The highest BCUT2D eigenvalue weighted by Gasteiger charge is 2.32.